The second kappa shape index (κ2) is 4.97. The molecule has 0 unspecified atom stereocenters. The summed E-state index contributed by atoms with van der Waals surface area (Å²) < 4.78 is 6.08. The highest BCUT2D eigenvalue weighted by Gasteiger charge is 2.20. The highest BCUT2D eigenvalue weighted by atomic mass is 79.9. The van der Waals surface area contributed by atoms with E-state index in [1.165, 1.54) is 6.33 Å². The van der Waals surface area contributed by atoms with Crippen molar-refractivity contribution in [3.05, 3.63) is 21.2 Å². The number of nitrogens with one attached hydrogen (secondary N) is 1. The van der Waals surface area contributed by atoms with Gasteiger partial charge in [0.2, 0.25) is 5.88 Å². The van der Waals surface area contributed by atoms with E-state index in [9.17, 15) is 4.79 Å². The maximum absolute atomic E-state index is 11.3. The highest BCUT2D eigenvalue weighted by molar-refractivity contribution is 9.10. The van der Waals surface area contributed by atoms with E-state index in [2.05, 4.69) is 37.8 Å². The van der Waals surface area contributed by atoms with Gasteiger partial charge in [-0.1, -0.05) is 0 Å². The van der Waals surface area contributed by atoms with Crippen LogP contribution in [0, 0.1) is 0 Å². The summed E-state index contributed by atoms with van der Waals surface area (Å²) in [7, 11) is 2.09. The van der Waals surface area contributed by atoms with Gasteiger partial charge in [0, 0.05) is 13.1 Å². The number of aromatic nitrogens is 2. The van der Waals surface area contributed by atoms with E-state index in [4.69, 9.17) is 4.74 Å². The molecule has 1 N–H and O–H groups in total. The molecule has 0 bridgehead atoms. The maximum atomic E-state index is 11.3. The Balaban J connectivity index is 2.04. The molecular weight excluding hydrogens is 274 g/mol. The number of H-pyrrole nitrogens is 1. The standard InChI is InChI=1S/C10H14BrN3O2/c1-14-4-2-7(3-5-14)16-10-8(11)9(15)12-6-13-10/h6-7H,2-5H2,1H3,(H,12,13,15). The molecule has 2 heterocycles. The molecule has 1 aromatic rings. The van der Waals surface area contributed by atoms with E-state index in [0.717, 1.165) is 25.9 Å². The van der Waals surface area contributed by atoms with Crippen molar-refractivity contribution in [2.75, 3.05) is 20.1 Å². The molecule has 1 aliphatic heterocycles. The van der Waals surface area contributed by atoms with Gasteiger partial charge in [0.25, 0.3) is 5.56 Å². The normalized spacial score (nSPS) is 18.6. The van der Waals surface area contributed by atoms with Crippen LogP contribution in [0.4, 0.5) is 0 Å². The SMILES string of the molecule is CN1CCC(Oc2nc[nH]c(=O)c2Br)CC1. The second-order valence-electron chi connectivity index (χ2n) is 3.97. The largest absolute Gasteiger partial charge is 0.473 e. The Kier molecular flexibility index (Phi) is 3.60. The number of piperidine rings is 1. The number of aromatic amines is 1. The zero-order chi connectivity index (χ0) is 11.5. The van der Waals surface area contributed by atoms with Crippen LogP contribution >= 0.6 is 15.9 Å². The third kappa shape index (κ3) is 2.62. The predicted octanol–water partition coefficient (Wildman–Crippen LogP) is 1.01. The zero-order valence-electron chi connectivity index (χ0n) is 9.07. The molecule has 1 fully saturated rings. The van der Waals surface area contributed by atoms with Crippen LogP contribution < -0.4 is 10.3 Å². The predicted molar refractivity (Wildman–Crippen MR) is 63.7 cm³/mol. The van der Waals surface area contributed by atoms with Crippen LogP contribution in [0.25, 0.3) is 0 Å². The van der Waals surface area contributed by atoms with Gasteiger partial charge in [0.1, 0.15) is 10.6 Å². The average molecular weight is 288 g/mol. The molecule has 2 rings (SSSR count). The molecule has 5 nitrogen and oxygen atoms in total. The number of halogens is 1. The van der Waals surface area contributed by atoms with Gasteiger partial charge in [-0.3, -0.25) is 4.79 Å². The van der Waals surface area contributed by atoms with E-state index in [1.54, 1.807) is 0 Å². The van der Waals surface area contributed by atoms with Crippen LogP contribution in [0.15, 0.2) is 15.6 Å². The topological polar surface area (TPSA) is 58.2 Å². The van der Waals surface area contributed by atoms with Gasteiger partial charge in [0.15, 0.2) is 0 Å². The quantitative estimate of drug-likeness (QED) is 0.882. The molecule has 1 saturated heterocycles. The lowest BCUT2D eigenvalue weighted by Crippen LogP contribution is -2.36. The first kappa shape index (κ1) is 11.6. The summed E-state index contributed by atoms with van der Waals surface area (Å²) in [6.07, 6.45) is 3.45. The monoisotopic (exact) mass is 287 g/mol. The minimum atomic E-state index is -0.210. The number of hydrogen-bond donors (Lipinski definition) is 1. The Labute approximate surface area is 102 Å². The van der Waals surface area contributed by atoms with Gasteiger partial charge in [-0.05, 0) is 35.8 Å². The lowest BCUT2D eigenvalue weighted by atomic mass is 10.1. The molecule has 0 saturated carbocycles. The summed E-state index contributed by atoms with van der Waals surface area (Å²) in [4.78, 5) is 20.1. The van der Waals surface area contributed by atoms with Crippen molar-refractivity contribution < 1.29 is 4.74 Å². The summed E-state index contributed by atoms with van der Waals surface area (Å²) >= 11 is 3.18. The van der Waals surface area contributed by atoms with Gasteiger partial charge in [-0.2, -0.15) is 0 Å². The highest BCUT2D eigenvalue weighted by Crippen LogP contribution is 2.21. The van der Waals surface area contributed by atoms with Crippen LogP contribution in [0.1, 0.15) is 12.8 Å². The van der Waals surface area contributed by atoms with E-state index in [-0.39, 0.29) is 11.7 Å². The van der Waals surface area contributed by atoms with Crippen molar-refractivity contribution in [1.82, 2.24) is 14.9 Å². The summed E-state index contributed by atoms with van der Waals surface area (Å²) in [6.45, 7) is 2.04. The summed E-state index contributed by atoms with van der Waals surface area (Å²) in [6, 6.07) is 0. The van der Waals surface area contributed by atoms with Gasteiger partial charge >= 0.3 is 0 Å². The lowest BCUT2D eigenvalue weighted by Gasteiger charge is -2.28. The first-order valence-corrected chi connectivity index (χ1v) is 6.04. The molecule has 0 atom stereocenters. The Bertz CT molecular complexity index is 413. The van der Waals surface area contributed by atoms with Crippen LogP contribution in [-0.4, -0.2) is 41.1 Å². The van der Waals surface area contributed by atoms with E-state index >= 15 is 0 Å². The number of hydrogen-bond acceptors (Lipinski definition) is 4. The van der Waals surface area contributed by atoms with Crippen molar-refractivity contribution >= 4 is 15.9 Å². The second-order valence-corrected chi connectivity index (χ2v) is 4.76. The fourth-order valence-electron chi connectivity index (χ4n) is 1.71. The van der Waals surface area contributed by atoms with Crippen LogP contribution in [0.3, 0.4) is 0 Å². The number of likely N-dealkylation sites (tertiary alicyclic amines) is 1. The van der Waals surface area contributed by atoms with Crippen LogP contribution in [-0.2, 0) is 0 Å². The molecule has 0 spiro atoms. The van der Waals surface area contributed by atoms with E-state index < -0.39 is 0 Å². The fourth-order valence-corrected chi connectivity index (χ4v) is 2.02. The molecule has 6 heteroatoms. The summed E-state index contributed by atoms with van der Waals surface area (Å²) in [5.41, 5.74) is -0.210. The van der Waals surface area contributed by atoms with Crippen molar-refractivity contribution in [3.63, 3.8) is 0 Å². The molecule has 1 aliphatic rings. The number of nitrogens with zero attached hydrogens (tertiary/aromatic N) is 2. The summed E-state index contributed by atoms with van der Waals surface area (Å²) in [5, 5.41) is 0. The first-order chi connectivity index (χ1) is 7.66. The molecule has 16 heavy (non-hydrogen) atoms. The third-order valence-corrected chi connectivity index (χ3v) is 3.41. The van der Waals surface area contributed by atoms with Gasteiger partial charge in [0.05, 0.1) is 6.33 Å². The van der Waals surface area contributed by atoms with Crippen LogP contribution in [0.2, 0.25) is 0 Å². The minimum absolute atomic E-state index is 0.154. The van der Waals surface area contributed by atoms with Crippen molar-refractivity contribution in [3.8, 4) is 5.88 Å². The molecule has 0 radical (unpaired) electrons. The van der Waals surface area contributed by atoms with Crippen molar-refractivity contribution in [2.24, 2.45) is 0 Å². The minimum Gasteiger partial charge on any atom is -0.473 e. The lowest BCUT2D eigenvalue weighted by molar-refractivity contribution is 0.109. The van der Waals surface area contributed by atoms with Crippen molar-refractivity contribution in [2.45, 2.75) is 18.9 Å². The van der Waals surface area contributed by atoms with Crippen LogP contribution in [0.5, 0.6) is 5.88 Å². The Hall–Kier alpha value is -0.880. The number of rotatable bonds is 2. The molecule has 0 aromatic carbocycles. The molecular formula is C10H14BrN3O2. The van der Waals surface area contributed by atoms with E-state index in [0.29, 0.717) is 10.4 Å². The molecule has 0 aliphatic carbocycles. The fraction of sp³-hybridized carbons (Fsp3) is 0.600. The molecule has 88 valence electrons. The Morgan fingerprint density at radius 3 is 2.94 bits per heavy atom. The first-order valence-electron chi connectivity index (χ1n) is 5.25. The Morgan fingerprint density at radius 2 is 2.25 bits per heavy atom. The zero-order valence-corrected chi connectivity index (χ0v) is 10.7. The smallest absolute Gasteiger partial charge is 0.268 e. The third-order valence-electron chi connectivity index (χ3n) is 2.71. The summed E-state index contributed by atoms with van der Waals surface area (Å²) in [5.74, 6) is 0.387. The van der Waals surface area contributed by atoms with Gasteiger partial charge in [-0.15, -0.1) is 0 Å². The van der Waals surface area contributed by atoms with E-state index in [1.807, 2.05) is 0 Å². The maximum Gasteiger partial charge on any atom is 0.268 e. The number of ether oxygens (including phenoxy) is 1. The van der Waals surface area contributed by atoms with Crippen molar-refractivity contribution in [1.29, 1.82) is 0 Å². The van der Waals surface area contributed by atoms with Gasteiger partial charge < -0.3 is 14.6 Å². The Morgan fingerprint density at radius 1 is 1.56 bits per heavy atom. The average Bonchev–Trinajstić information content (AvgIpc) is 2.28. The van der Waals surface area contributed by atoms with Gasteiger partial charge in [-0.25, -0.2) is 4.98 Å². The molecule has 1 aromatic heterocycles. The molecule has 0 amide bonds.